The van der Waals surface area contributed by atoms with Crippen molar-refractivity contribution in [1.82, 2.24) is 9.99 Å². The maximum atomic E-state index is 12.6. The number of aromatic nitrogens is 1. The summed E-state index contributed by atoms with van der Waals surface area (Å²) >= 11 is 0. The minimum Gasteiger partial charge on any atom is -0.459 e. The molecule has 2 aromatic heterocycles. The molecule has 112 valence electrons. The molecule has 0 aliphatic carbocycles. The summed E-state index contributed by atoms with van der Waals surface area (Å²) in [5.41, 5.74) is 0.481. The van der Waals surface area contributed by atoms with Crippen molar-refractivity contribution in [1.29, 1.82) is 0 Å². The Kier molecular flexibility index (Phi) is 3.85. The Labute approximate surface area is 115 Å². The number of hydrogen-bond donors (Lipinski definition) is 2. The number of halogens is 3. The lowest BCUT2D eigenvalue weighted by atomic mass is 10.2. The van der Waals surface area contributed by atoms with Crippen LogP contribution in [0.1, 0.15) is 21.7 Å². The smallest absolute Gasteiger partial charge is 0.417 e. The average molecular weight is 301 g/mol. The van der Waals surface area contributed by atoms with E-state index >= 15 is 0 Å². The van der Waals surface area contributed by atoms with Gasteiger partial charge in [0.1, 0.15) is 0 Å². The van der Waals surface area contributed by atoms with E-state index in [2.05, 4.69) is 0 Å². The molecule has 0 spiro atoms. The Morgan fingerprint density at radius 1 is 1.33 bits per heavy atom. The number of nitrogens with one attached hydrogen (secondary N) is 1. The number of alkyl halides is 3. The molecule has 0 aromatic carbocycles. The van der Waals surface area contributed by atoms with E-state index in [1.165, 1.54) is 12.3 Å². The molecule has 0 aliphatic rings. The van der Waals surface area contributed by atoms with Crippen LogP contribution in [0.5, 0.6) is 0 Å². The maximum absolute atomic E-state index is 12.6. The van der Waals surface area contributed by atoms with Gasteiger partial charge in [-0.2, -0.15) is 13.2 Å². The van der Waals surface area contributed by atoms with Gasteiger partial charge in [-0.25, -0.2) is 5.84 Å². The van der Waals surface area contributed by atoms with Crippen molar-refractivity contribution in [3.8, 4) is 0 Å². The molecule has 0 fully saturated rings. The van der Waals surface area contributed by atoms with Crippen LogP contribution in [0.25, 0.3) is 0 Å². The average Bonchev–Trinajstić information content (AvgIpc) is 2.87. The number of amides is 1. The molecule has 0 saturated carbocycles. The minimum atomic E-state index is -4.57. The number of carbonyl (C=O) groups is 1. The Bertz CT molecular complexity index is 718. The molecule has 9 heteroatoms. The standard InChI is InChI=1S/C12H10F3N3O3/c13-12(14,15)8-1-2-9(19)18(6-8)5-7-3-4-21-10(7)11(20)17-16/h1-4,6H,5,16H2,(H,17,20). The van der Waals surface area contributed by atoms with Crippen molar-refractivity contribution in [2.45, 2.75) is 12.7 Å². The molecule has 3 N–H and O–H groups in total. The van der Waals surface area contributed by atoms with Crippen LogP contribution < -0.4 is 16.8 Å². The topological polar surface area (TPSA) is 90.3 Å². The van der Waals surface area contributed by atoms with Crippen molar-refractivity contribution in [3.63, 3.8) is 0 Å². The van der Waals surface area contributed by atoms with Crippen LogP contribution in [0.4, 0.5) is 13.2 Å². The number of hydrogen-bond acceptors (Lipinski definition) is 4. The molecular formula is C12H10F3N3O3. The zero-order chi connectivity index (χ0) is 15.6. The Balaban J connectivity index is 2.38. The van der Waals surface area contributed by atoms with Gasteiger partial charge in [0.15, 0.2) is 5.76 Å². The molecule has 0 saturated heterocycles. The number of furan rings is 1. The van der Waals surface area contributed by atoms with Gasteiger partial charge in [-0.1, -0.05) is 0 Å². The summed E-state index contributed by atoms with van der Waals surface area (Å²) in [6, 6.07) is 2.88. The van der Waals surface area contributed by atoms with Crippen LogP contribution in [0.2, 0.25) is 0 Å². The Hall–Kier alpha value is -2.55. The number of hydrazine groups is 1. The number of rotatable bonds is 3. The molecule has 2 heterocycles. The van der Waals surface area contributed by atoms with E-state index in [0.29, 0.717) is 12.3 Å². The van der Waals surface area contributed by atoms with Gasteiger partial charge in [0.25, 0.3) is 5.56 Å². The van der Waals surface area contributed by atoms with E-state index in [4.69, 9.17) is 10.3 Å². The fraction of sp³-hybridized carbons (Fsp3) is 0.167. The van der Waals surface area contributed by atoms with Gasteiger partial charge in [-0.05, 0) is 12.1 Å². The predicted octanol–water partition coefficient (Wildman–Crippen LogP) is 1.11. The molecule has 0 unspecified atom stereocenters. The first kappa shape index (κ1) is 14.9. The van der Waals surface area contributed by atoms with Gasteiger partial charge in [0, 0.05) is 17.8 Å². The third-order valence-electron chi connectivity index (χ3n) is 2.74. The SMILES string of the molecule is NNC(=O)c1occc1Cn1cc(C(F)(F)F)ccc1=O. The van der Waals surface area contributed by atoms with Crippen LogP contribution in [0.3, 0.4) is 0 Å². The second kappa shape index (κ2) is 5.44. The summed E-state index contributed by atoms with van der Waals surface area (Å²) in [5, 5.41) is 0. The minimum absolute atomic E-state index is 0.165. The molecule has 0 radical (unpaired) electrons. The van der Waals surface area contributed by atoms with Crippen molar-refractivity contribution in [2.75, 3.05) is 0 Å². The zero-order valence-corrected chi connectivity index (χ0v) is 10.5. The first-order chi connectivity index (χ1) is 9.82. The van der Waals surface area contributed by atoms with Gasteiger partial charge in [0.05, 0.1) is 18.4 Å². The molecule has 0 bridgehead atoms. The number of nitrogens with zero attached hydrogens (tertiary/aromatic N) is 1. The van der Waals surface area contributed by atoms with E-state index in [0.717, 1.165) is 10.6 Å². The first-order valence-corrected chi connectivity index (χ1v) is 5.68. The van der Waals surface area contributed by atoms with Gasteiger partial charge in [-0.15, -0.1) is 0 Å². The summed E-state index contributed by atoms with van der Waals surface area (Å²) in [7, 11) is 0. The lowest BCUT2D eigenvalue weighted by molar-refractivity contribution is -0.138. The van der Waals surface area contributed by atoms with Crippen molar-refractivity contribution in [3.05, 3.63) is 57.9 Å². The lowest BCUT2D eigenvalue weighted by Crippen LogP contribution is -2.31. The molecule has 2 aromatic rings. The number of carbonyl (C=O) groups excluding carboxylic acids is 1. The molecule has 6 nitrogen and oxygen atoms in total. The highest BCUT2D eigenvalue weighted by molar-refractivity contribution is 5.92. The monoisotopic (exact) mass is 301 g/mol. The van der Waals surface area contributed by atoms with Gasteiger partial charge < -0.3 is 8.98 Å². The summed E-state index contributed by atoms with van der Waals surface area (Å²) < 4.78 is 43.6. The van der Waals surface area contributed by atoms with Crippen LogP contribution in [0.15, 0.2) is 39.9 Å². The molecule has 1 amide bonds. The van der Waals surface area contributed by atoms with Gasteiger partial charge >= 0.3 is 12.1 Å². The normalized spacial score (nSPS) is 11.4. The third kappa shape index (κ3) is 3.14. The van der Waals surface area contributed by atoms with Crippen LogP contribution >= 0.6 is 0 Å². The number of nitrogens with two attached hydrogens (primary N) is 1. The van der Waals surface area contributed by atoms with Crippen LogP contribution in [-0.4, -0.2) is 10.5 Å². The van der Waals surface area contributed by atoms with E-state index in [9.17, 15) is 22.8 Å². The summed E-state index contributed by atoms with van der Waals surface area (Å²) in [4.78, 5) is 23.0. The third-order valence-corrected chi connectivity index (χ3v) is 2.74. The number of pyridine rings is 1. The van der Waals surface area contributed by atoms with Crippen LogP contribution in [0, 0.1) is 0 Å². The summed E-state index contributed by atoms with van der Waals surface area (Å²) in [6.45, 7) is -0.248. The second-order valence-electron chi connectivity index (χ2n) is 4.13. The predicted molar refractivity (Wildman–Crippen MR) is 65.2 cm³/mol. The molecule has 0 atom stereocenters. The molecule has 2 rings (SSSR count). The van der Waals surface area contributed by atoms with E-state index in [1.54, 1.807) is 0 Å². The lowest BCUT2D eigenvalue weighted by Gasteiger charge is -2.10. The molecular weight excluding hydrogens is 291 g/mol. The van der Waals surface area contributed by atoms with Gasteiger partial charge in [0.2, 0.25) is 0 Å². The van der Waals surface area contributed by atoms with Crippen LogP contribution in [-0.2, 0) is 12.7 Å². The largest absolute Gasteiger partial charge is 0.459 e. The highest BCUT2D eigenvalue weighted by Gasteiger charge is 2.31. The summed E-state index contributed by atoms with van der Waals surface area (Å²) in [6.07, 6.45) is -2.71. The van der Waals surface area contributed by atoms with E-state index < -0.39 is 23.2 Å². The van der Waals surface area contributed by atoms with E-state index in [-0.39, 0.29) is 17.9 Å². The fourth-order valence-corrected chi connectivity index (χ4v) is 1.73. The quantitative estimate of drug-likeness (QED) is 0.505. The Morgan fingerprint density at radius 3 is 2.67 bits per heavy atom. The first-order valence-electron chi connectivity index (χ1n) is 5.68. The maximum Gasteiger partial charge on any atom is 0.417 e. The van der Waals surface area contributed by atoms with Crippen molar-refractivity contribution in [2.24, 2.45) is 5.84 Å². The number of nitrogen functional groups attached to an aromatic ring is 1. The highest BCUT2D eigenvalue weighted by Crippen LogP contribution is 2.28. The van der Waals surface area contributed by atoms with Crippen molar-refractivity contribution >= 4 is 5.91 Å². The zero-order valence-electron chi connectivity index (χ0n) is 10.5. The van der Waals surface area contributed by atoms with Gasteiger partial charge in [-0.3, -0.25) is 15.0 Å². The Morgan fingerprint density at radius 2 is 2.05 bits per heavy atom. The second-order valence-corrected chi connectivity index (χ2v) is 4.13. The molecule has 21 heavy (non-hydrogen) atoms. The van der Waals surface area contributed by atoms with Crippen molar-refractivity contribution < 1.29 is 22.4 Å². The fourth-order valence-electron chi connectivity index (χ4n) is 1.73. The molecule has 0 aliphatic heterocycles. The summed E-state index contributed by atoms with van der Waals surface area (Å²) in [5.74, 6) is 4.05. The van der Waals surface area contributed by atoms with E-state index in [1.807, 2.05) is 5.43 Å². The highest BCUT2D eigenvalue weighted by atomic mass is 19.4.